The zero-order valence-electron chi connectivity index (χ0n) is 10.7. The highest BCUT2D eigenvalue weighted by Crippen LogP contribution is 2.23. The quantitative estimate of drug-likeness (QED) is 0.788. The highest BCUT2D eigenvalue weighted by atomic mass is 35.5. The van der Waals surface area contributed by atoms with E-state index in [0.29, 0.717) is 21.8 Å². The zero-order valence-corrected chi connectivity index (χ0v) is 11.4. The number of aromatic nitrogens is 3. The molecule has 100 valence electrons. The molecule has 0 saturated carbocycles. The Bertz CT molecular complexity index is 797. The Hall–Kier alpha value is -2.40. The van der Waals surface area contributed by atoms with Crippen molar-refractivity contribution in [1.29, 1.82) is 0 Å². The van der Waals surface area contributed by atoms with E-state index in [-0.39, 0.29) is 5.91 Å². The van der Waals surface area contributed by atoms with Gasteiger partial charge in [-0.3, -0.25) is 14.5 Å². The number of aryl methyl sites for hydroxylation is 1. The van der Waals surface area contributed by atoms with Gasteiger partial charge in [0.25, 0.3) is 5.91 Å². The van der Waals surface area contributed by atoms with Gasteiger partial charge in [0.2, 0.25) is 0 Å². The molecule has 3 rings (SSSR count). The van der Waals surface area contributed by atoms with Gasteiger partial charge in [0.05, 0.1) is 23.0 Å². The molecule has 0 spiro atoms. The number of halogens is 1. The maximum atomic E-state index is 12.3. The maximum Gasteiger partial charge on any atom is 0.258 e. The fourth-order valence-electron chi connectivity index (χ4n) is 2.01. The van der Waals surface area contributed by atoms with Crippen LogP contribution < -0.4 is 5.32 Å². The van der Waals surface area contributed by atoms with Crippen LogP contribution in [0.1, 0.15) is 10.4 Å². The molecule has 2 aromatic heterocycles. The lowest BCUT2D eigenvalue weighted by Gasteiger charge is -2.06. The summed E-state index contributed by atoms with van der Waals surface area (Å²) in [6.45, 7) is 0. The molecule has 1 N–H and O–H groups in total. The van der Waals surface area contributed by atoms with Gasteiger partial charge in [0, 0.05) is 29.9 Å². The zero-order chi connectivity index (χ0) is 14.1. The van der Waals surface area contributed by atoms with Crippen molar-refractivity contribution in [1.82, 2.24) is 14.8 Å². The van der Waals surface area contributed by atoms with Crippen molar-refractivity contribution in [2.24, 2.45) is 7.05 Å². The average molecular weight is 287 g/mol. The molecule has 0 fully saturated rings. The van der Waals surface area contributed by atoms with Crippen molar-refractivity contribution in [2.45, 2.75) is 0 Å². The number of amides is 1. The molecule has 0 unspecified atom stereocenters. The van der Waals surface area contributed by atoms with Gasteiger partial charge in [-0.2, -0.15) is 5.10 Å². The lowest BCUT2D eigenvalue weighted by atomic mass is 10.1. The molecule has 0 bridgehead atoms. The molecule has 0 aliphatic rings. The van der Waals surface area contributed by atoms with Crippen molar-refractivity contribution >= 4 is 34.1 Å². The Morgan fingerprint density at radius 3 is 3.00 bits per heavy atom. The molecule has 0 aliphatic heterocycles. The number of carbonyl (C=O) groups excluding carboxylic acids is 1. The first-order chi connectivity index (χ1) is 9.63. The molecule has 0 atom stereocenters. The van der Waals surface area contributed by atoms with E-state index in [4.69, 9.17) is 11.6 Å². The number of nitrogens with zero attached hydrogens (tertiary/aromatic N) is 3. The van der Waals surface area contributed by atoms with Crippen LogP contribution in [-0.4, -0.2) is 20.7 Å². The molecule has 0 aliphatic carbocycles. The van der Waals surface area contributed by atoms with Crippen LogP contribution in [-0.2, 0) is 7.05 Å². The number of benzene rings is 1. The molecule has 0 radical (unpaired) electrons. The van der Waals surface area contributed by atoms with Crippen LogP contribution >= 0.6 is 11.6 Å². The van der Waals surface area contributed by atoms with Crippen molar-refractivity contribution < 1.29 is 4.79 Å². The third kappa shape index (κ3) is 2.35. The smallest absolute Gasteiger partial charge is 0.258 e. The highest BCUT2D eigenvalue weighted by Gasteiger charge is 2.13. The molecule has 2 heterocycles. The number of carbonyl (C=O) groups is 1. The number of rotatable bonds is 2. The predicted molar refractivity (Wildman–Crippen MR) is 77.9 cm³/mol. The summed E-state index contributed by atoms with van der Waals surface area (Å²) in [5.41, 5.74) is 1.69. The fourth-order valence-corrected chi connectivity index (χ4v) is 2.24. The third-order valence-corrected chi connectivity index (χ3v) is 3.10. The summed E-state index contributed by atoms with van der Waals surface area (Å²) in [5.74, 6) is -0.260. The second-order valence-electron chi connectivity index (χ2n) is 4.39. The molecule has 0 saturated heterocycles. The van der Waals surface area contributed by atoms with Crippen LogP contribution in [0.5, 0.6) is 0 Å². The van der Waals surface area contributed by atoms with E-state index >= 15 is 0 Å². The highest BCUT2D eigenvalue weighted by molar-refractivity contribution is 6.32. The van der Waals surface area contributed by atoms with Crippen LogP contribution in [0, 0.1) is 0 Å². The van der Waals surface area contributed by atoms with Crippen molar-refractivity contribution in [3.05, 3.63) is 53.4 Å². The van der Waals surface area contributed by atoms with Gasteiger partial charge in [-0.25, -0.2) is 0 Å². The largest absolute Gasteiger partial charge is 0.319 e. The van der Waals surface area contributed by atoms with Gasteiger partial charge in [-0.05, 0) is 18.2 Å². The van der Waals surface area contributed by atoms with Crippen LogP contribution in [0.4, 0.5) is 5.69 Å². The number of anilines is 1. The summed E-state index contributed by atoms with van der Waals surface area (Å²) in [5, 5.41) is 8.11. The van der Waals surface area contributed by atoms with E-state index in [1.54, 1.807) is 42.5 Å². The molecular formula is C14H11ClN4O. The van der Waals surface area contributed by atoms with Gasteiger partial charge in [0.15, 0.2) is 0 Å². The summed E-state index contributed by atoms with van der Waals surface area (Å²) in [6, 6.07) is 7.07. The van der Waals surface area contributed by atoms with Crippen molar-refractivity contribution in [2.75, 3.05) is 5.32 Å². The topological polar surface area (TPSA) is 59.8 Å². The normalized spacial score (nSPS) is 10.7. The second kappa shape index (κ2) is 4.94. The first kappa shape index (κ1) is 12.6. The van der Waals surface area contributed by atoms with Gasteiger partial charge >= 0.3 is 0 Å². The number of nitrogens with one attached hydrogen (secondary N) is 1. The first-order valence-corrected chi connectivity index (χ1v) is 6.35. The molecular weight excluding hydrogens is 276 g/mol. The Morgan fingerprint density at radius 1 is 1.40 bits per heavy atom. The summed E-state index contributed by atoms with van der Waals surface area (Å²) >= 11 is 6.05. The van der Waals surface area contributed by atoms with Crippen LogP contribution in [0.2, 0.25) is 5.02 Å². The van der Waals surface area contributed by atoms with E-state index in [1.807, 2.05) is 12.1 Å². The molecule has 1 amide bonds. The van der Waals surface area contributed by atoms with E-state index in [9.17, 15) is 4.79 Å². The lowest BCUT2D eigenvalue weighted by Crippen LogP contribution is -2.12. The molecule has 3 aromatic rings. The minimum atomic E-state index is -0.260. The van der Waals surface area contributed by atoms with E-state index in [2.05, 4.69) is 15.4 Å². The van der Waals surface area contributed by atoms with Gasteiger partial charge < -0.3 is 5.32 Å². The number of hydrogen-bond donors (Lipinski definition) is 1. The Morgan fingerprint density at radius 2 is 2.25 bits per heavy atom. The van der Waals surface area contributed by atoms with Gasteiger partial charge in [-0.15, -0.1) is 0 Å². The summed E-state index contributed by atoms with van der Waals surface area (Å²) in [7, 11) is 1.78. The summed E-state index contributed by atoms with van der Waals surface area (Å²) in [6.07, 6.45) is 4.95. The summed E-state index contributed by atoms with van der Waals surface area (Å²) in [4.78, 5) is 16.6. The third-order valence-electron chi connectivity index (χ3n) is 2.88. The predicted octanol–water partition coefficient (Wildman–Crippen LogP) is 2.87. The second-order valence-corrected chi connectivity index (χ2v) is 4.82. The molecule has 20 heavy (non-hydrogen) atoms. The molecule has 5 nitrogen and oxygen atoms in total. The molecule has 6 heteroatoms. The monoisotopic (exact) mass is 286 g/mol. The number of fused-ring (bicyclic) bond motifs is 1. The van der Waals surface area contributed by atoms with Gasteiger partial charge in [0.1, 0.15) is 0 Å². The fraction of sp³-hybridized carbons (Fsp3) is 0.0714. The lowest BCUT2D eigenvalue weighted by molar-refractivity contribution is 0.102. The van der Waals surface area contributed by atoms with Crippen molar-refractivity contribution in [3.8, 4) is 0 Å². The summed E-state index contributed by atoms with van der Waals surface area (Å²) < 4.78 is 1.62. The Labute approximate surface area is 120 Å². The van der Waals surface area contributed by atoms with E-state index in [1.165, 1.54) is 0 Å². The number of hydrogen-bond acceptors (Lipinski definition) is 3. The number of pyridine rings is 1. The van der Waals surface area contributed by atoms with Crippen LogP contribution in [0.3, 0.4) is 0 Å². The Balaban J connectivity index is 2.02. The molecule has 1 aromatic carbocycles. The van der Waals surface area contributed by atoms with E-state index in [0.717, 1.165) is 5.39 Å². The van der Waals surface area contributed by atoms with Gasteiger partial charge in [-0.1, -0.05) is 17.7 Å². The standard InChI is InChI=1S/C14H11ClN4O/c1-19-8-11(7-17-19)18-14(20)12-6-10(15)5-9-3-2-4-16-13(9)12/h2-8H,1H3,(H,18,20). The minimum Gasteiger partial charge on any atom is -0.319 e. The van der Waals surface area contributed by atoms with E-state index < -0.39 is 0 Å². The minimum absolute atomic E-state index is 0.260. The van der Waals surface area contributed by atoms with Crippen LogP contribution in [0.15, 0.2) is 42.9 Å². The average Bonchev–Trinajstić information content (AvgIpc) is 2.83. The SMILES string of the molecule is Cn1cc(NC(=O)c2cc(Cl)cc3cccnc23)cn1. The maximum absolute atomic E-state index is 12.3. The van der Waals surface area contributed by atoms with Crippen LogP contribution in [0.25, 0.3) is 10.9 Å². The Kier molecular flexibility index (Phi) is 3.12. The van der Waals surface area contributed by atoms with Crippen molar-refractivity contribution in [3.63, 3.8) is 0 Å². The first-order valence-electron chi connectivity index (χ1n) is 5.98.